The van der Waals surface area contributed by atoms with Crippen LogP contribution in [0.1, 0.15) is 19.3 Å². The van der Waals surface area contributed by atoms with E-state index in [2.05, 4.69) is 11.6 Å². The summed E-state index contributed by atoms with van der Waals surface area (Å²) in [5.41, 5.74) is 5.18. The van der Waals surface area contributed by atoms with Crippen LogP contribution in [-0.4, -0.2) is 30.0 Å². The van der Waals surface area contributed by atoms with E-state index in [1.54, 1.807) is 0 Å². The van der Waals surface area contributed by atoms with Gasteiger partial charge in [0.25, 0.3) is 0 Å². The molecule has 1 fully saturated rings. The van der Waals surface area contributed by atoms with Gasteiger partial charge < -0.3 is 11.1 Å². The van der Waals surface area contributed by atoms with Crippen molar-refractivity contribution in [1.29, 1.82) is 0 Å². The largest absolute Gasteiger partial charge is 0.354 e. The second kappa shape index (κ2) is 4.14. The highest BCUT2D eigenvalue weighted by Gasteiger charge is 2.35. The van der Waals surface area contributed by atoms with Crippen molar-refractivity contribution in [2.24, 2.45) is 5.73 Å². The van der Waals surface area contributed by atoms with E-state index in [9.17, 15) is 4.79 Å². The Balaban J connectivity index is 2.24. The molecule has 0 heterocycles. The Labute approximate surface area is 77.5 Å². The zero-order valence-corrected chi connectivity index (χ0v) is 8.25. The minimum Gasteiger partial charge on any atom is -0.354 e. The smallest absolute Gasteiger partial charge is 0.233 e. The van der Waals surface area contributed by atoms with Crippen molar-refractivity contribution in [3.05, 3.63) is 0 Å². The van der Waals surface area contributed by atoms with Gasteiger partial charge in [-0.1, -0.05) is 6.42 Å². The van der Waals surface area contributed by atoms with E-state index >= 15 is 0 Å². The first kappa shape index (κ1) is 9.86. The molecule has 1 aliphatic rings. The zero-order chi connectivity index (χ0) is 9.03. The second-order valence-electron chi connectivity index (χ2n) is 3.22. The van der Waals surface area contributed by atoms with Crippen LogP contribution in [0.4, 0.5) is 0 Å². The van der Waals surface area contributed by atoms with Gasteiger partial charge in [-0.2, -0.15) is 11.8 Å². The summed E-state index contributed by atoms with van der Waals surface area (Å²) in [6, 6.07) is 0. The van der Waals surface area contributed by atoms with Crippen molar-refractivity contribution in [3.63, 3.8) is 0 Å². The van der Waals surface area contributed by atoms with Crippen molar-refractivity contribution in [2.45, 2.75) is 24.0 Å². The van der Waals surface area contributed by atoms with Gasteiger partial charge in [-0.25, -0.2) is 0 Å². The Morgan fingerprint density at radius 1 is 1.67 bits per heavy atom. The molecular weight excluding hydrogens is 172 g/mol. The average molecular weight is 188 g/mol. The third kappa shape index (κ3) is 2.14. The van der Waals surface area contributed by atoms with Crippen molar-refractivity contribution < 1.29 is 4.79 Å². The molecule has 0 saturated heterocycles. The fourth-order valence-corrected chi connectivity index (χ4v) is 2.27. The van der Waals surface area contributed by atoms with Gasteiger partial charge in [-0.15, -0.1) is 0 Å². The molecule has 0 bridgehead atoms. The number of hydrogen-bond acceptors (Lipinski definition) is 3. The standard InChI is InChI=1S/C8H16N2OS/c1-12-8(3-2-4-8)6-10-7(11)5-9/h2-6,9H2,1H3,(H,10,11). The number of nitrogens with one attached hydrogen (secondary N) is 1. The van der Waals surface area contributed by atoms with Gasteiger partial charge in [0.1, 0.15) is 0 Å². The fraction of sp³-hybridized carbons (Fsp3) is 0.875. The van der Waals surface area contributed by atoms with Gasteiger partial charge in [-0.05, 0) is 19.1 Å². The van der Waals surface area contributed by atoms with Gasteiger partial charge in [0.2, 0.25) is 5.91 Å². The normalized spacial score (nSPS) is 19.8. The molecule has 1 rings (SSSR count). The van der Waals surface area contributed by atoms with Crippen LogP contribution >= 0.6 is 11.8 Å². The minimum absolute atomic E-state index is 0.0460. The Kier molecular flexibility index (Phi) is 3.40. The van der Waals surface area contributed by atoms with E-state index in [1.165, 1.54) is 19.3 Å². The van der Waals surface area contributed by atoms with Gasteiger partial charge in [0.05, 0.1) is 6.54 Å². The summed E-state index contributed by atoms with van der Waals surface area (Å²) in [7, 11) is 0. The topological polar surface area (TPSA) is 55.1 Å². The van der Waals surface area contributed by atoms with Gasteiger partial charge >= 0.3 is 0 Å². The average Bonchev–Trinajstić information content (AvgIpc) is 2.03. The van der Waals surface area contributed by atoms with Gasteiger partial charge in [0.15, 0.2) is 0 Å². The van der Waals surface area contributed by atoms with Crippen LogP contribution in [0, 0.1) is 0 Å². The van der Waals surface area contributed by atoms with E-state index in [4.69, 9.17) is 5.73 Å². The van der Waals surface area contributed by atoms with Gasteiger partial charge in [-0.3, -0.25) is 4.79 Å². The highest BCUT2D eigenvalue weighted by atomic mass is 32.2. The maximum atomic E-state index is 10.9. The molecule has 1 amide bonds. The van der Waals surface area contributed by atoms with Gasteiger partial charge in [0, 0.05) is 11.3 Å². The molecule has 0 aromatic rings. The quantitative estimate of drug-likeness (QED) is 0.669. The molecule has 12 heavy (non-hydrogen) atoms. The summed E-state index contributed by atoms with van der Waals surface area (Å²) in [5, 5.41) is 2.84. The molecule has 3 N–H and O–H groups in total. The van der Waals surface area contributed by atoms with E-state index in [1.807, 2.05) is 11.8 Å². The molecule has 0 aromatic carbocycles. The molecule has 0 unspecified atom stereocenters. The van der Waals surface area contributed by atoms with E-state index in [-0.39, 0.29) is 12.5 Å². The lowest BCUT2D eigenvalue weighted by atomic mass is 9.84. The summed E-state index contributed by atoms with van der Waals surface area (Å²) < 4.78 is 0.324. The molecule has 70 valence electrons. The number of thioether (sulfide) groups is 1. The molecule has 0 radical (unpaired) electrons. The summed E-state index contributed by atoms with van der Waals surface area (Å²) >= 11 is 1.86. The summed E-state index contributed by atoms with van der Waals surface area (Å²) in [4.78, 5) is 10.9. The third-order valence-electron chi connectivity index (χ3n) is 2.49. The van der Waals surface area contributed by atoms with Crippen LogP contribution in [0.2, 0.25) is 0 Å². The summed E-state index contributed by atoms with van der Waals surface area (Å²) in [6.45, 7) is 0.884. The van der Waals surface area contributed by atoms with Crippen molar-refractivity contribution in [1.82, 2.24) is 5.32 Å². The number of hydrogen-bond donors (Lipinski definition) is 2. The number of carbonyl (C=O) groups excluding carboxylic acids is 1. The first-order chi connectivity index (χ1) is 5.72. The first-order valence-electron chi connectivity index (χ1n) is 4.24. The molecule has 1 saturated carbocycles. The van der Waals surface area contributed by atoms with Crippen LogP contribution in [-0.2, 0) is 4.79 Å². The van der Waals surface area contributed by atoms with Crippen molar-refractivity contribution in [3.8, 4) is 0 Å². The lowest BCUT2D eigenvalue weighted by molar-refractivity contribution is -0.119. The Morgan fingerprint density at radius 3 is 2.67 bits per heavy atom. The predicted molar refractivity (Wildman–Crippen MR) is 52.2 cm³/mol. The summed E-state index contributed by atoms with van der Waals surface area (Å²) in [6.07, 6.45) is 5.84. The molecule has 4 heteroatoms. The molecule has 1 aliphatic carbocycles. The SMILES string of the molecule is CSC1(CNC(=O)CN)CCC1. The third-order valence-corrected chi connectivity index (χ3v) is 3.91. The van der Waals surface area contributed by atoms with Crippen molar-refractivity contribution in [2.75, 3.05) is 19.3 Å². The highest BCUT2D eigenvalue weighted by molar-refractivity contribution is 8.00. The number of nitrogens with two attached hydrogens (primary N) is 1. The second-order valence-corrected chi connectivity index (χ2v) is 4.50. The Bertz CT molecular complexity index is 163. The Hall–Kier alpha value is -0.220. The van der Waals surface area contributed by atoms with Crippen LogP contribution in [0.3, 0.4) is 0 Å². The first-order valence-corrected chi connectivity index (χ1v) is 5.47. The zero-order valence-electron chi connectivity index (χ0n) is 7.43. The lowest BCUT2D eigenvalue weighted by Gasteiger charge is -2.40. The van der Waals surface area contributed by atoms with Crippen LogP contribution in [0.25, 0.3) is 0 Å². The lowest BCUT2D eigenvalue weighted by Crippen LogP contribution is -2.46. The molecule has 0 aromatic heterocycles. The maximum absolute atomic E-state index is 10.9. The van der Waals surface area contributed by atoms with E-state index in [0.717, 1.165) is 6.54 Å². The molecule has 0 spiro atoms. The number of rotatable bonds is 4. The minimum atomic E-state index is -0.0460. The van der Waals surface area contributed by atoms with E-state index in [0.29, 0.717) is 4.75 Å². The highest BCUT2D eigenvalue weighted by Crippen LogP contribution is 2.41. The predicted octanol–water partition coefficient (Wildman–Crippen LogP) is 0.347. The van der Waals surface area contributed by atoms with E-state index < -0.39 is 0 Å². The molecule has 0 aliphatic heterocycles. The maximum Gasteiger partial charge on any atom is 0.233 e. The molecule has 0 atom stereocenters. The Morgan fingerprint density at radius 2 is 2.33 bits per heavy atom. The fourth-order valence-electron chi connectivity index (χ4n) is 1.36. The molecule has 3 nitrogen and oxygen atoms in total. The van der Waals surface area contributed by atoms with Crippen molar-refractivity contribution >= 4 is 17.7 Å². The number of carbonyl (C=O) groups is 1. The monoisotopic (exact) mass is 188 g/mol. The van der Waals surface area contributed by atoms with Crippen LogP contribution < -0.4 is 11.1 Å². The van der Waals surface area contributed by atoms with Crippen LogP contribution in [0.5, 0.6) is 0 Å². The molecular formula is C8H16N2OS. The number of amides is 1. The summed E-state index contributed by atoms with van der Waals surface area (Å²) in [5.74, 6) is -0.0460. The van der Waals surface area contributed by atoms with Crippen LogP contribution in [0.15, 0.2) is 0 Å².